The molecule has 11 heteroatoms. The van der Waals surface area contributed by atoms with Crippen LogP contribution in [0.5, 0.6) is 0 Å². The lowest BCUT2D eigenvalue weighted by atomic mass is 10.1. The first-order chi connectivity index (χ1) is 16.3. The highest BCUT2D eigenvalue weighted by molar-refractivity contribution is 7.20. The minimum Gasteiger partial charge on any atom is -0.462 e. The van der Waals surface area contributed by atoms with Crippen molar-refractivity contribution in [2.24, 2.45) is 0 Å². The fourth-order valence-electron chi connectivity index (χ4n) is 3.16. The van der Waals surface area contributed by atoms with Gasteiger partial charge in [0.1, 0.15) is 20.4 Å². The second-order valence-corrected chi connectivity index (χ2v) is 9.68. The van der Waals surface area contributed by atoms with Crippen molar-refractivity contribution in [2.45, 2.75) is 26.7 Å². The number of hydrogen-bond donors (Lipinski definition) is 1. The van der Waals surface area contributed by atoms with Gasteiger partial charge in [-0.25, -0.2) is 14.6 Å². The van der Waals surface area contributed by atoms with E-state index in [1.807, 2.05) is 13.8 Å². The molecule has 0 aliphatic rings. The van der Waals surface area contributed by atoms with Gasteiger partial charge in [-0.15, -0.1) is 22.7 Å². The predicted molar refractivity (Wildman–Crippen MR) is 130 cm³/mol. The van der Waals surface area contributed by atoms with E-state index in [0.29, 0.717) is 20.9 Å². The number of fused-ring (bicyclic) bond motifs is 2. The first-order valence-corrected chi connectivity index (χ1v) is 12.1. The van der Waals surface area contributed by atoms with Gasteiger partial charge >= 0.3 is 11.9 Å². The SMILES string of the molecule is CCOC(=O)c1cc(C(C)C)sc1NC(=O)COC(=O)c1cc2c(=O)n3ccccc3nc2s1. The van der Waals surface area contributed by atoms with Crippen molar-refractivity contribution in [3.63, 3.8) is 0 Å². The Morgan fingerprint density at radius 1 is 1.12 bits per heavy atom. The van der Waals surface area contributed by atoms with Gasteiger partial charge in [0.15, 0.2) is 6.61 Å². The van der Waals surface area contributed by atoms with E-state index < -0.39 is 24.5 Å². The molecule has 4 aromatic rings. The minimum atomic E-state index is -0.744. The third-order valence-electron chi connectivity index (χ3n) is 4.82. The Bertz CT molecular complexity index is 1470. The molecule has 4 aromatic heterocycles. The van der Waals surface area contributed by atoms with Crippen molar-refractivity contribution in [3.05, 3.63) is 62.2 Å². The summed E-state index contributed by atoms with van der Waals surface area (Å²) in [6, 6.07) is 8.29. The van der Waals surface area contributed by atoms with Crippen LogP contribution in [0.4, 0.5) is 5.00 Å². The van der Waals surface area contributed by atoms with Gasteiger partial charge in [-0.05, 0) is 37.1 Å². The van der Waals surface area contributed by atoms with Crippen LogP contribution in [-0.4, -0.2) is 40.4 Å². The van der Waals surface area contributed by atoms with Crippen LogP contribution in [0.3, 0.4) is 0 Å². The van der Waals surface area contributed by atoms with E-state index in [1.54, 1.807) is 37.4 Å². The van der Waals surface area contributed by atoms with Gasteiger partial charge in [-0.1, -0.05) is 19.9 Å². The smallest absolute Gasteiger partial charge is 0.348 e. The molecule has 1 N–H and O–H groups in total. The highest BCUT2D eigenvalue weighted by atomic mass is 32.1. The Morgan fingerprint density at radius 3 is 2.65 bits per heavy atom. The van der Waals surface area contributed by atoms with Crippen molar-refractivity contribution in [1.29, 1.82) is 0 Å². The first-order valence-electron chi connectivity index (χ1n) is 10.5. The molecule has 0 saturated heterocycles. The molecule has 4 rings (SSSR count). The molecule has 34 heavy (non-hydrogen) atoms. The lowest BCUT2D eigenvalue weighted by Gasteiger charge is -2.06. The molecule has 0 aromatic carbocycles. The maximum absolute atomic E-state index is 12.7. The summed E-state index contributed by atoms with van der Waals surface area (Å²) in [4.78, 5) is 55.8. The van der Waals surface area contributed by atoms with E-state index in [-0.39, 0.29) is 28.5 Å². The summed E-state index contributed by atoms with van der Waals surface area (Å²) >= 11 is 2.29. The van der Waals surface area contributed by atoms with Crippen LogP contribution in [0.25, 0.3) is 15.9 Å². The van der Waals surface area contributed by atoms with Gasteiger partial charge < -0.3 is 14.8 Å². The standard InChI is InChI=1S/C23H21N3O6S2/c1-4-31-22(29)14-10-15(12(2)3)33-20(14)25-18(27)11-32-23(30)16-9-13-19(34-16)24-17-7-5-6-8-26(17)21(13)28/h5-10,12H,4,11H2,1-3H3,(H,25,27). The van der Waals surface area contributed by atoms with Crippen LogP contribution in [-0.2, 0) is 14.3 Å². The van der Waals surface area contributed by atoms with Crippen LogP contribution in [0.15, 0.2) is 41.3 Å². The quantitative estimate of drug-likeness (QED) is 0.381. The Hall–Kier alpha value is -3.57. The van der Waals surface area contributed by atoms with Crippen molar-refractivity contribution in [3.8, 4) is 0 Å². The molecule has 0 saturated carbocycles. The van der Waals surface area contributed by atoms with Crippen LogP contribution < -0.4 is 10.9 Å². The van der Waals surface area contributed by atoms with Crippen molar-refractivity contribution < 1.29 is 23.9 Å². The number of pyridine rings is 1. The molecule has 0 atom stereocenters. The average molecular weight is 500 g/mol. The van der Waals surface area contributed by atoms with E-state index in [0.717, 1.165) is 16.2 Å². The van der Waals surface area contributed by atoms with Crippen molar-refractivity contribution in [1.82, 2.24) is 9.38 Å². The highest BCUT2D eigenvalue weighted by Gasteiger charge is 2.22. The second-order valence-electron chi connectivity index (χ2n) is 7.57. The van der Waals surface area contributed by atoms with Gasteiger partial charge in [0.05, 0.1) is 17.6 Å². The number of rotatable bonds is 7. The van der Waals surface area contributed by atoms with E-state index in [1.165, 1.54) is 21.8 Å². The molecule has 9 nitrogen and oxygen atoms in total. The third kappa shape index (κ3) is 4.70. The van der Waals surface area contributed by atoms with Crippen molar-refractivity contribution in [2.75, 3.05) is 18.5 Å². The molecule has 0 radical (unpaired) electrons. The summed E-state index contributed by atoms with van der Waals surface area (Å²) in [5, 5.41) is 3.27. The zero-order valence-corrected chi connectivity index (χ0v) is 20.2. The van der Waals surface area contributed by atoms with Gasteiger partial charge in [0, 0.05) is 11.1 Å². The second kappa shape index (κ2) is 9.74. The predicted octanol–water partition coefficient (Wildman–Crippen LogP) is 4.07. The zero-order valence-electron chi connectivity index (χ0n) is 18.6. The molecule has 0 unspecified atom stereocenters. The molecular formula is C23H21N3O6S2. The summed E-state index contributed by atoms with van der Waals surface area (Å²) in [7, 11) is 0. The number of nitrogens with zero attached hydrogens (tertiary/aromatic N) is 2. The number of carbonyl (C=O) groups is 3. The molecule has 0 spiro atoms. The van der Waals surface area contributed by atoms with Crippen LogP contribution in [0.2, 0.25) is 0 Å². The third-order valence-corrected chi connectivity index (χ3v) is 7.18. The Kier molecular flexibility index (Phi) is 6.75. The Morgan fingerprint density at radius 2 is 1.91 bits per heavy atom. The average Bonchev–Trinajstić information content (AvgIpc) is 3.43. The van der Waals surface area contributed by atoms with Crippen LogP contribution in [0, 0.1) is 0 Å². The van der Waals surface area contributed by atoms with E-state index in [2.05, 4.69) is 10.3 Å². The maximum Gasteiger partial charge on any atom is 0.348 e. The molecular weight excluding hydrogens is 478 g/mol. The van der Waals surface area contributed by atoms with Crippen LogP contribution >= 0.6 is 22.7 Å². The van der Waals surface area contributed by atoms with E-state index >= 15 is 0 Å². The van der Waals surface area contributed by atoms with Gasteiger partial charge in [-0.3, -0.25) is 14.0 Å². The van der Waals surface area contributed by atoms with E-state index in [4.69, 9.17) is 9.47 Å². The van der Waals surface area contributed by atoms with Crippen molar-refractivity contribution >= 4 is 61.4 Å². The number of carbonyl (C=O) groups excluding carboxylic acids is 3. The summed E-state index contributed by atoms with van der Waals surface area (Å²) in [6.07, 6.45) is 1.60. The Balaban J connectivity index is 1.47. The topological polar surface area (TPSA) is 116 Å². The number of nitrogens with one attached hydrogen (secondary N) is 1. The monoisotopic (exact) mass is 499 g/mol. The summed E-state index contributed by atoms with van der Waals surface area (Å²) in [6.45, 7) is 5.30. The summed E-state index contributed by atoms with van der Waals surface area (Å²) < 4.78 is 11.6. The number of ether oxygens (including phenoxy) is 2. The molecule has 4 heterocycles. The fourth-order valence-corrected chi connectivity index (χ4v) is 5.15. The number of esters is 2. The molecule has 176 valence electrons. The maximum atomic E-state index is 12.7. The number of thiophene rings is 2. The van der Waals surface area contributed by atoms with E-state index in [9.17, 15) is 19.2 Å². The molecule has 0 aliphatic heterocycles. The molecule has 0 aliphatic carbocycles. The van der Waals surface area contributed by atoms with Gasteiger partial charge in [-0.2, -0.15) is 0 Å². The first kappa shape index (κ1) is 23.6. The summed E-state index contributed by atoms with van der Waals surface area (Å²) in [5.74, 6) is -1.72. The Labute approximate surface area is 202 Å². The lowest BCUT2D eigenvalue weighted by molar-refractivity contribution is -0.119. The molecule has 0 bridgehead atoms. The number of aromatic nitrogens is 2. The minimum absolute atomic E-state index is 0.156. The number of anilines is 1. The van der Waals surface area contributed by atoms with Crippen LogP contribution in [0.1, 0.15) is 51.6 Å². The summed E-state index contributed by atoms with van der Waals surface area (Å²) in [5.41, 5.74) is 0.437. The largest absolute Gasteiger partial charge is 0.462 e. The molecule has 0 fully saturated rings. The van der Waals surface area contributed by atoms with Gasteiger partial charge in [0.25, 0.3) is 11.5 Å². The zero-order chi connectivity index (χ0) is 24.4. The number of amides is 1. The van der Waals surface area contributed by atoms with Gasteiger partial charge in [0.2, 0.25) is 0 Å². The number of hydrogen-bond acceptors (Lipinski definition) is 9. The molecule has 1 amide bonds. The fraction of sp³-hybridized carbons (Fsp3) is 0.261. The normalized spacial score (nSPS) is 11.2. The highest BCUT2D eigenvalue weighted by Crippen LogP contribution is 2.33. The lowest BCUT2D eigenvalue weighted by Crippen LogP contribution is -2.21.